The van der Waals surface area contributed by atoms with Gasteiger partial charge in [0, 0.05) is 25.6 Å². The largest absolute Gasteiger partial charge is 0.356 e. The van der Waals surface area contributed by atoms with Crippen molar-refractivity contribution in [2.45, 2.75) is 26.7 Å². The van der Waals surface area contributed by atoms with E-state index in [2.05, 4.69) is 5.32 Å². The average molecular weight is 279 g/mol. The van der Waals surface area contributed by atoms with Gasteiger partial charge in [-0.15, -0.1) is 0 Å². The maximum absolute atomic E-state index is 11.5. The predicted octanol–water partition coefficient (Wildman–Crippen LogP) is -0.241. The molecule has 0 heterocycles. The Hall–Kier alpha value is -0.660. The van der Waals surface area contributed by atoms with Crippen LogP contribution >= 0.6 is 0 Å². The minimum atomic E-state index is -3.14. The van der Waals surface area contributed by atoms with Gasteiger partial charge in [-0.25, -0.2) is 12.7 Å². The number of nitrogens with two attached hydrogens (primary N) is 1. The number of carbonyl (C=O) groups excluding carboxylic acids is 1. The number of amides is 1. The number of rotatable bonds is 9. The summed E-state index contributed by atoms with van der Waals surface area (Å²) in [4.78, 5) is 11.5. The van der Waals surface area contributed by atoms with Crippen LogP contribution in [0.15, 0.2) is 0 Å². The zero-order valence-electron chi connectivity index (χ0n) is 11.5. The smallest absolute Gasteiger partial charge is 0.222 e. The summed E-state index contributed by atoms with van der Waals surface area (Å²) < 4.78 is 24.0. The summed E-state index contributed by atoms with van der Waals surface area (Å²) in [5.41, 5.74) is 5.37. The van der Waals surface area contributed by atoms with Gasteiger partial charge in [0.1, 0.15) is 0 Å². The molecule has 0 aliphatic carbocycles. The third-order valence-corrected chi connectivity index (χ3v) is 4.13. The molecule has 0 aromatic rings. The zero-order chi connectivity index (χ0) is 14.2. The Bertz CT molecular complexity index is 343. The van der Waals surface area contributed by atoms with E-state index in [0.29, 0.717) is 39.0 Å². The van der Waals surface area contributed by atoms with Crippen LogP contribution in [0, 0.1) is 5.92 Å². The summed E-state index contributed by atoms with van der Waals surface area (Å²) >= 11 is 0. The Morgan fingerprint density at radius 2 is 2.06 bits per heavy atom. The first-order valence-corrected chi connectivity index (χ1v) is 8.10. The first-order chi connectivity index (χ1) is 8.32. The molecule has 1 atom stereocenters. The summed E-state index contributed by atoms with van der Waals surface area (Å²) in [6.45, 7) is 5.49. The number of hydrogen-bond acceptors (Lipinski definition) is 4. The number of nitrogens with zero attached hydrogens (tertiary/aromatic N) is 1. The topological polar surface area (TPSA) is 92.5 Å². The van der Waals surface area contributed by atoms with Crippen LogP contribution in [0.25, 0.3) is 0 Å². The van der Waals surface area contributed by atoms with Crippen LogP contribution in [0.3, 0.4) is 0 Å². The van der Waals surface area contributed by atoms with Crippen molar-refractivity contribution in [2.24, 2.45) is 11.7 Å². The normalized spacial score (nSPS) is 13.6. The van der Waals surface area contributed by atoms with E-state index in [1.165, 1.54) is 10.6 Å². The van der Waals surface area contributed by atoms with Crippen molar-refractivity contribution in [1.82, 2.24) is 9.62 Å². The third-order valence-electron chi connectivity index (χ3n) is 2.75. The predicted molar refractivity (Wildman–Crippen MR) is 72.6 cm³/mol. The van der Waals surface area contributed by atoms with E-state index in [9.17, 15) is 13.2 Å². The molecule has 0 saturated heterocycles. The van der Waals surface area contributed by atoms with E-state index in [1.54, 1.807) is 6.92 Å². The lowest BCUT2D eigenvalue weighted by Crippen LogP contribution is -2.35. The maximum Gasteiger partial charge on any atom is 0.222 e. The quantitative estimate of drug-likeness (QED) is 0.570. The van der Waals surface area contributed by atoms with Crippen molar-refractivity contribution in [1.29, 1.82) is 0 Å². The van der Waals surface area contributed by atoms with Crippen molar-refractivity contribution < 1.29 is 13.2 Å². The van der Waals surface area contributed by atoms with Crippen LogP contribution in [0.2, 0.25) is 0 Å². The zero-order valence-corrected chi connectivity index (χ0v) is 12.3. The summed E-state index contributed by atoms with van der Waals surface area (Å²) in [5, 5.41) is 2.78. The van der Waals surface area contributed by atoms with E-state index >= 15 is 0 Å². The average Bonchev–Trinajstić information content (AvgIpc) is 2.27. The fourth-order valence-corrected chi connectivity index (χ4v) is 2.51. The van der Waals surface area contributed by atoms with Crippen LogP contribution in [-0.4, -0.2) is 51.1 Å². The number of sulfonamides is 1. The summed E-state index contributed by atoms with van der Waals surface area (Å²) in [6, 6.07) is 0. The fraction of sp³-hybridized carbons (Fsp3) is 0.909. The lowest BCUT2D eigenvalue weighted by molar-refractivity contribution is -0.124. The second kappa shape index (κ2) is 8.44. The molecule has 0 aliphatic heterocycles. The van der Waals surface area contributed by atoms with E-state index in [4.69, 9.17) is 5.73 Å². The Balaban J connectivity index is 3.89. The van der Waals surface area contributed by atoms with Crippen molar-refractivity contribution in [3.8, 4) is 0 Å². The molecule has 0 spiro atoms. The number of carbonyl (C=O) groups is 1. The molecule has 108 valence electrons. The highest BCUT2D eigenvalue weighted by Gasteiger charge is 2.14. The minimum absolute atomic E-state index is 0.0251. The molecule has 0 radical (unpaired) electrons. The highest BCUT2D eigenvalue weighted by Crippen LogP contribution is 2.01. The van der Waals surface area contributed by atoms with Gasteiger partial charge < -0.3 is 11.1 Å². The number of nitrogens with one attached hydrogen (secondary N) is 1. The van der Waals surface area contributed by atoms with Gasteiger partial charge in [-0.1, -0.05) is 13.8 Å². The van der Waals surface area contributed by atoms with Crippen molar-refractivity contribution in [3.05, 3.63) is 0 Å². The minimum Gasteiger partial charge on any atom is -0.356 e. The van der Waals surface area contributed by atoms with Gasteiger partial charge in [0.15, 0.2) is 0 Å². The van der Waals surface area contributed by atoms with Crippen molar-refractivity contribution in [3.63, 3.8) is 0 Å². The second-order valence-corrected chi connectivity index (χ2v) is 6.36. The molecular weight excluding hydrogens is 254 g/mol. The molecule has 0 fully saturated rings. The van der Waals surface area contributed by atoms with Gasteiger partial charge in [-0.2, -0.15) is 0 Å². The van der Waals surface area contributed by atoms with Crippen LogP contribution in [0.4, 0.5) is 0 Å². The lowest BCUT2D eigenvalue weighted by atomic mass is 10.1. The third kappa shape index (κ3) is 6.93. The molecule has 0 aromatic heterocycles. The van der Waals surface area contributed by atoms with Crippen molar-refractivity contribution >= 4 is 15.9 Å². The highest BCUT2D eigenvalue weighted by atomic mass is 32.2. The molecule has 3 N–H and O–H groups in total. The van der Waals surface area contributed by atoms with Crippen LogP contribution in [0.5, 0.6) is 0 Å². The lowest BCUT2D eigenvalue weighted by Gasteiger charge is -2.18. The van der Waals surface area contributed by atoms with E-state index in [1.807, 2.05) is 6.92 Å². The van der Waals surface area contributed by atoms with Gasteiger partial charge >= 0.3 is 0 Å². The SMILES string of the molecule is CCN(CCCNC(=O)C(C)CCN)S(C)(=O)=O. The molecule has 0 aromatic carbocycles. The molecule has 18 heavy (non-hydrogen) atoms. The highest BCUT2D eigenvalue weighted by molar-refractivity contribution is 7.88. The summed E-state index contributed by atoms with van der Waals surface area (Å²) in [6.07, 6.45) is 2.47. The van der Waals surface area contributed by atoms with Crippen LogP contribution < -0.4 is 11.1 Å². The Labute approximate surface area is 110 Å². The van der Waals surface area contributed by atoms with Crippen molar-refractivity contribution in [2.75, 3.05) is 32.4 Å². The molecule has 0 saturated carbocycles. The van der Waals surface area contributed by atoms with Gasteiger partial charge in [0.25, 0.3) is 0 Å². The first kappa shape index (κ1) is 17.3. The molecule has 1 amide bonds. The van der Waals surface area contributed by atoms with E-state index < -0.39 is 10.0 Å². The number of hydrogen-bond donors (Lipinski definition) is 2. The monoisotopic (exact) mass is 279 g/mol. The summed E-state index contributed by atoms with van der Waals surface area (Å²) in [7, 11) is -3.14. The molecule has 1 unspecified atom stereocenters. The van der Waals surface area contributed by atoms with E-state index in [-0.39, 0.29) is 11.8 Å². The molecular formula is C11H25N3O3S. The van der Waals surface area contributed by atoms with Gasteiger partial charge in [0.05, 0.1) is 6.26 Å². The molecule has 0 aliphatic rings. The first-order valence-electron chi connectivity index (χ1n) is 6.25. The van der Waals surface area contributed by atoms with E-state index in [0.717, 1.165) is 0 Å². The summed E-state index contributed by atoms with van der Waals surface area (Å²) in [5.74, 6) is -0.116. The molecule has 0 rings (SSSR count). The molecule has 0 bridgehead atoms. The Kier molecular flexibility index (Phi) is 8.13. The standard InChI is InChI=1S/C11H25N3O3S/c1-4-14(18(3,16)17)9-5-8-13-11(15)10(2)6-7-12/h10H,4-9,12H2,1-3H3,(H,13,15). The second-order valence-electron chi connectivity index (χ2n) is 4.38. The molecule has 7 heteroatoms. The molecule has 6 nitrogen and oxygen atoms in total. The van der Waals surface area contributed by atoms with Gasteiger partial charge in [0.2, 0.25) is 15.9 Å². The van der Waals surface area contributed by atoms with Gasteiger partial charge in [-0.3, -0.25) is 4.79 Å². The van der Waals surface area contributed by atoms with Gasteiger partial charge in [-0.05, 0) is 19.4 Å². The Morgan fingerprint density at radius 3 is 2.50 bits per heavy atom. The maximum atomic E-state index is 11.5. The van der Waals surface area contributed by atoms with Crippen LogP contribution in [0.1, 0.15) is 26.7 Å². The van der Waals surface area contributed by atoms with Crippen LogP contribution in [-0.2, 0) is 14.8 Å². The fourth-order valence-electron chi connectivity index (χ4n) is 1.58. The Morgan fingerprint density at radius 1 is 1.44 bits per heavy atom.